The van der Waals surface area contributed by atoms with Crippen molar-refractivity contribution in [3.63, 3.8) is 0 Å². The predicted octanol–water partition coefficient (Wildman–Crippen LogP) is 2.82. The van der Waals surface area contributed by atoms with E-state index in [0.29, 0.717) is 10.2 Å². The van der Waals surface area contributed by atoms with E-state index in [9.17, 15) is 14.0 Å². The van der Waals surface area contributed by atoms with Gasteiger partial charge in [-0.1, -0.05) is 12.1 Å². The molecule has 1 atom stereocenters. The lowest BCUT2D eigenvalue weighted by atomic mass is 10.1. The van der Waals surface area contributed by atoms with E-state index >= 15 is 0 Å². The number of hydrogen-bond acceptors (Lipinski definition) is 4. The van der Waals surface area contributed by atoms with Gasteiger partial charge >= 0.3 is 0 Å². The third-order valence-corrected chi connectivity index (χ3v) is 4.96. The van der Waals surface area contributed by atoms with Crippen LogP contribution in [-0.4, -0.2) is 27.4 Å². The quantitative estimate of drug-likeness (QED) is 0.731. The molecule has 24 heavy (non-hydrogen) atoms. The number of aromatic nitrogens is 2. The molecule has 0 saturated heterocycles. The highest BCUT2D eigenvalue weighted by Crippen LogP contribution is 2.19. The maximum atomic E-state index is 13.0. The summed E-state index contributed by atoms with van der Waals surface area (Å²) in [5.74, 6) is -0.534. The Morgan fingerprint density at radius 3 is 2.75 bits per heavy atom. The highest BCUT2D eigenvalue weighted by atomic mass is 32.1. The summed E-state index contributed by atoms with van der Waals surface area (Å²) in [5, 5.41) is 1.80. The Morgan fingerprint density at radius 1 is 1.33 bits per heavy atom. The molecule has 2 heterocycles. The van der Waals surface area contributed by atoms with Gasteiger partial charge in [-0.15, -0.1) is 11.3 Å². The second kappa shape index (κ2) is 6.52. The van der Waals surface area contributed by atoms with Crippen LogP contribution in [-0.2, 0) is 11.3 Å². The van der Waals surface area contributed by atoms with Crippen LogP contribution in [0.1, 0.15) is 18.5 Å². The van der Waals surface area contributed by atoms with Crippen molar-refractivity contribution in [2.24, 2.45) is 0 Å². The van der Waals surface area contributed by atoms with E-state index in [-0.39, 0.29) is 29.9 Å². The fourth-order valence-corrected chi connectivity index (χ4v) is 3.22. The molecule has 3 aromatic rings. The topological polar surface area (TPSA) is 55.2 Å². The molecule has 5 nitrogen and oxygen atoms in total. The Morgan fingerprint density at radius 2 is 2.04 bits per heavy atom. The average molecular weight is 345 g/mol. The summed E-state index contributed by atoms with van der Waals surface area (Å²) in [5.41, 5.74) is 1.25. The van der Waals surface area contributed by atoms with Crippen LogP contribution in [0.4, 0.5) is 4.39 Å². The number of nitrogens with zero attached hydrogens (tertiary/aromatic N) is 3. The zero-order chi connectivity index (χ0) is 17.3. The largest absolute Gasteiger partial charge is 0.337 e. The summed E-state index contributed by atoms with van der Waals surface area (Å²) in [6.45, 7) is 1.77. The minimum atomic E-state index is -0.318. The van der Waals surface area contributed by atoms with E-state index in [1.54, 1.807) is 30.6 Å². The van der Waals surface area contributed by atoms with Gasteiger partial charge in [-0.05, 0) is 36.1 Å². The molecule has 3 rings (SSSR count). The predicted molar refractivity (Wildman–Crippen MR) is 91.5 cm³/mol. The molecule has 1 aromatic carbocycles. The zero-order valence-corrected chi connectivity index (χ0v) is 14.1. The third kappa shape index (κ3) is 3.07. The Balaban J connectivity index is 1.79. The van der Waals surface area contributed by atoms with Gasteiger partial charge in [0, 0.05) is 7.05 Å². The number of amides is 1. The van der Waals surface area contributed by atoms with Gasteiger partial charge in [0.1, 0.15) is 17.1 Å². The minimum absolute atomic E-state index is 0.0816. The molecule has 0 radical (unpaired) electrons. The molecule has 7 heteroatoms. The summed E-state index contributed by atoms with van der Waals surface area (Å²) < 4.78 is 14.9. The van der Waals surface area contributed by atoms with E-state index in [0.717, 1.165) is 5.56 Å². The van der Waals surface area contributed by atoms with Gasteiger partial charge in [-0.25, -0.2) is 9.37 Å². The van der Waals surface area contributed by atoms with E-state index < -0.39 is 0 Å². The van der Waals surface area contributed by atoms with Crippen molar-refractivity contribution in [1.82, 2.24) is 14.5 Å². The first kappa shape index (κ1) is 16.3. The monoisotopic (exact) mass is 345 g/mol. The lowest BCUT2D eigenvalue weighted by Crippen LogP contribution is -2.35. The summed E-state index contributed by atoms with van der Waals surface area (Å²) in [6, 6.07) is 7.57. The van der Waals surface area contributed by atoms with Gasteiger partial charge in [0.15, 0.2) is 0 Å². The molecule has 0 aliphatic heterocycles. The molecule has 0 aliphatic rings. The van der Waals surface area contributed by atoms with E-state index in [1.165, 1.54) is 39.3 Å². The number of halogens is 1. The van der Waals surface area contributed by atoms with Crippen LogP contribution >= 0.6 is 11.3 Å². The van der Waals surface area contributed by atoms with Crippen molar-refractivity contribution in [3.8, 4) is 0 Å². The molecule has 0 fully saturated rings. The smallest absolute Gasteiger partial charge is 0.271 e. The average Bonchev–Trinajstić information content (AvgIpc) is 3.06. The molecule has 0 bridgehead atoms. The van der Waals surface area contributed by atoms with Gasteiger partial charge in [0.25, 0.3) is 5.56 Å². The second-order valence-corrected chi connectivity index (χ2v) is 6.46. The number of carbonyl (C=O) groups excluding carboxylic acids is 1. The third-order valence-electron chi connectivity index (χ3n) is 4.07. The molecule has 0 aliphatic carbocycles. The molecule has 0 spiro atoms. The fourth-order valence-electron chi connectivity index (χ4n) is 2.43. The van der Waals surface area contributed by atoms with Crippen LogP contribution in [0.25, 0.3) is 10.2 Å². The lowest BCUT2D eigenvalue weighted by Gasteiger charge is -2.25. The molecule has 0 N–H and O–H groups in total. The first-order valence-electron chi connectivity index (χ1n) is 7.41. The van der Waals surface area contributed by atoms with E-state index in [1.807, 2.05) is 6.92 Å². The second-order valence-electron chi connectivity index (χ2n) is 5.54. The molecular weight excluding hydrogens is 329 g/mol. The fraction of sp³-hybridized carbons (Fsp3) is 0.235. The van der Waals surface area contributed by atoms with Gasteiger partial charge in [0.05, 0.1) is 17.9 Å². The van der Waals surface area contributed by atoms with Crippen LogP contribution in [0, 0.1) is 5.82 Å². The normalized spacial score (nSPS) is 12.3. The molecular formula is C17H16FN3O2S. The maximum absolute atomic E-state index is 13.0. The number of carbonyl (C=O) groups is 1. The number of benzene rings is 1. The number of hydrogen-bond donors (Lipinski definition) is 0. The van der Waals surface area contributed by atoms with E-state index in [4.69, 9.17) is 0 Å². The van der Waals surface area contributed by atoms with Gasteiger partial charge in [0.2, 0.25) is 5.91 Å². The highest BCUT2D eigenvalue weighted by molar-refractivity contribution is 7.17. The van der Waals surface area contributed by atoms with Crippen LogP contribution in [0.15, 0.2) is 46.8 Å². The number of thiophene rings is 1. The lowest BCUT2D eigenvalue weighted by molar-refractivity contribution is -0.132. The molecule has 0 saturated carbocycles. The van der Waals surface area contributed by atoms with Crippen molar-refractivity contribution in [2.75, 3.05) is 7.05 Å². The van der Waals surface area contributed by atoms with Crippen molar-refractivity contribution >= 4 is 27.5 Å². The number of fused-ring (bicyclic) bond motifs is 1. The van der Waals surface area contributed by atoms with Crippen molar-refractivity contribution < 1.29 is 9.18 Å². The van der Waals surface area contributed by atoms with E-state index in [2.05, 4.69) is 4.98 Å². The van der Waals surface area contributed by atoms with Crippen molar-refractivity contribution in [2.45, 2.75) is 19.5 Å². The highest BCUT2D eigenvalue weighted by Gasteiger charge is 2.18. The molecule has 2 aromatic heterocycles. The number of likely N-dealkylation sites (N-methyl/N-ethyl adjacent to an activating group) is 1. The maximum Gasteiger partial charge on any atom is 0.271 e. The Kier molecular flexibility index (Phi) is 4.44. The van der Waals surface area contributed by atoms with Gasteiger partial charge in [-0.3, -0.25) is 14.2 Å². The SMILES string of the molecule is C[C@@H](c1ccc(F)cc1)N(C)C(=O)Cn1cnc2ccsc2c1=O. The Hall–Kier alpha value is -2.54. The molecule has 1 amide bonds. The Labute approximate surface area is 142 Å². The zero-order valence-electron chi connectivity index (χ0n) is 13.3. The molecule has 124 valence electrons. The summed E-state index contributed by atoms with van der Waals surface area (Å²) >= 11 is 1.31. The first-order chi connectivity index (χ1) is 11.5. The standard InChI is InChI=1S/C17H16FN3O2S/c1-11(12-3-5-13(18)6-4-12)20(2)15(22)9-21-10-19-14-7-8-24-16(14)17(21)23/h3-8,10-11H,9H2,1-2H3/t11-/m0/s1. The summed E-state index contributed by atoms with van der Waals surface area (Å²) in [4.78, 5) is 30.6. The Bertz CT molecular complexity index is 933. The van der Waals surface area contributed by atoms with Crippen molar-refractivity contribution in [3.05, 3.63) is 63.8 Å². The van der Waals surface area contributed by atoms with Crippen LogP contribution < -0.4 is 5.56 Å². The number of rotatable bonds is 4. The van der Waals surface area contributed by atoms with Gasteiger partial charge in [-0.2, -0.15) is 0 Å². The van der Waals surface area contributed by atoms with Crippen LogP contribution in [0.5, 0.6) is 0 Å². The molecule has 0 unspecified atom stereocenters. The minimum Gasteiger partial charge on any atom is -0.337 e. The van der Waals surface area contributed by atoms with Crippen LogP contribution in [0.2, 0.25) is 0 Å². The summed E-state index contributed by atoms with van der Waals surface area (Å²) in [6.07, 6.45) is 1.39. The summed E-state index contributed by atoms with van der Waals surface area (Å²) in [7, 11) is 1.67. The van der Waals surface area contributed by atoms with Crippen LogP contribution in [0.3, 0.4) is 0 Å². The van der Waals surface area contributed by atoms with Gasteiger partial charge < -0.3 is 4.90 Å². The van der Waals surface area contributed by atoms with Crippen molar-refractivity contribution in [1.29, 1.82) is 0 Å². The first-order valence-corrected chi connectivity index (χ1v) is 8.29.